The van der Waals surface area contributed by atoms with E-state index in [0.717, 1.165) is 17.7 Å². The van der Waals surface area contributed by atoms with Crippen LogP contribution in [0.1, 0.15) is 109 Å². The van der Waals surface area contributed by atoms with Crippen molar-refractivity contribution >= 4 is 51.4 Å². The van der Waals surface area contributed by atoms with Crippen molar-refractivity contribution in [3.8, 4) is 0 Å². The zero-order chi connectivity index (χ0) is 47.7. The molecule has 6 amide bonds. The van der Waals surface area contributed by atoms with Gasteiger partial charge in [0.2, 0.25) is 41.4 Å². The molecule has 12 nitrogen and oxygen atoms in total. The topological polar surface area (TPSA) is 139 Å². The summed E-state index contributed by atoms with van der Waals surface area (Å²) in [5.41, 5.74) is 0.461. The maximum Gasteiger partial charge on any atom is 0.389 e. The average Bonchev–Trinajstić information content (AvgIpc) is 3.99. The molecule has 64 heavy (non-hydrogen) atoms. The summed E-state index contributed by atoms with van der Waals surface area (Å²) in [5.74, 6) is -9.04. The third-order valence-electron chi connectivity index (χ3n) is 12.3. The van der Waals surface area contributed by atoms with E-state index < -0.39 is 122 Å². The van der Waals surface area contributed by atoms with E-state index in [9.17, 15) is 59.5 Å². The van der Waals surface area contributed by atoms with Crippen molar-refractivity contribution in [1.29, 1.82) is 0 Å². The molecule has 3 aliphatic rings. The first kappa shape index (κ1) is 52.7. The van der Waals surface area contributed by atoms with E-state index in [0.29, 0.717) is 48.7 Å². The highest BCUT2D eigenvalue weighted by molar-refractivity contribution is 9.10. The zero-order valence-corrected chi connectivity index (χ0v) is 38.7. The standard InChI is InChI=1S/C44H62BrF7N6O6/c1-26(2)21-32-40(62)57(5)35(23-28-22-29(46)14-15-31(28)45)41(63)55(3)20-10-8-6-7-9-11-33(38(60)53-32)56(4)42(64)37(27-12-13-27)54-39(61)34-24-30(47)25-58(34)36(59)16-17-43(48,49)18-19-44(50,51)52/h14-15,22,26-27,30,32-35,37H,6-13,16-21,23-25H2,1-5H3,(H,53,60)(H,54,61)/t30-,32+,33+,34+,35+,37+/m1/s1. The second-order valence-electron chi connectivity index (χ2n) is 18.1. The molecule has 2 saturated heterocycles. The van der Waals surface area contributed by atoms with Crippen molar-refractivity contribution in [2.24, 2.45) is 11.8 Å². The summed E-state index contributed by atoms with van der Waals surface area (Å²) in [6.07, 6.45) is -7.78. The number of likely N-dealkylation sites (tertiary alicyclic amines) is 1. The maximum absolute atomic E-state index is 14.8. The summed E-state index contributed by atoms with van der Waals surface area (Å²) >= 11 is 3.43. The fourth-order valence-electron chi connectivity index (χ4n) is 8.37. The zero-order valence-electron chi connectivity index (χ0n) is 37.1. The molecule has 0 aromatic heterocycles. The third kappa shape index (κ3) is 15.3. The van der Waals surface area contributed by atoms with Crippen LogP contribution in [0, 0.1) is 17.7 Å². The number of amides is 6. The van der Waals surface area contributed by atoms with E-state index in [2.05, 4.69) is 26.6 Å². The Labute approximate surface area is 378 Å². The lowest BCUT2D eigenvalue weighted by Gasteiger charge is -2.36. The molecule has 0 bridgehead atoms. The van der Waals surface area contributed by atoms with Gasteiger partial charge in [-0.25, -0.2) is 17.6 Å². The fourth-order valence-corrected chi connectivity index (χ4v) is 8.77. The van der Waals surface area contributed by atoms with E-state index in [1.165, 1.54) is 42.1 Å². The van der Waals surface area contributed by atoms with E-state index in [1.807, 2.05) is 13.8 Å². The summed E-state index contributed by atoms with van der Waals surface area (Å²) in [4.78, 5) is 88.9. The maximum atomic E-state index is 14.8. The summed E-state index contributed by atoms with van der Waals surface area (Å²) in [5, 5.41) is 5.49. The smallest absolute Gasteiger partial charge is 0.344 e. The van der Waals surface area contributed by atoms with Crippen molar-refractivity contribution in [3.63, 3.8) is 0 Å². The van der Waals surface area contributed by atoms with Gasteiger partial charge >= 0.3 is 6.18 Å². The van der Waals surface area contributed by atoms with Gasteiger partial charge in [-0.1, -0.05) is 55.5 Å². The number of halogens is 8. The van der Waals surface area contributed by atoms with Crippen molar-refractivity contribution in [2.75, 3.05) is 34.2 Å². The number of carbonyl (C=O) groups excluding carboxylic acids is 6. The average molecular weight is 984 g/mol. The molecule has 1 aliphatic carbocycles. The number of rotatable bonds is 14. The van der Waals surface area contributed by atoms with Gasteiger partial charge in [0, 0.05) is 70.7 Å². The summed E-state index contributed by atoms with van der Waals surface area (Å²) in [7, 11) is 4.52. The second-order valence-corrected chi connectivity index (χ2v) is 18.9. The van der Waals surface area contributed by atoms with Gasteiger partial charge in [0.25, 0.3) is 0 Å². The van der Waals surface area contributed by atoms with Crippen LogP contribution in [0.5, 0.6) is 0 Å². The Bertz CT molecular complexity index is 1820. The van der Waals surface area contributed by atoms with Crippen molar-refractivity contribution in [2.45, 2.75) is 159 Å². The Morgan fingerprint density at radius 1 is 0.938 bits per heavy atom. The van der Waals surface area contributed by atoms with Crippen molar-refractivity contribution < 1.29 is 59.5 Å². The van der Waals surface area contributed by atoms with E-state index >= 15 is 0 Å². The number of nitrogens with zero attached hydrogens (tertiary/aromatic N) is 4. The number of hydrogen-bond acceptors (Lipinski definition) is 6. The van der Waals surface area contributed by atoms with Crippen LogP contribution in [-0.2, 0) is 35.2 Å². The van der Waals surface area contributed by atoms with Crippen molar-refractivity contribution in [3.05, 3.63) is 34.1 Å². The van der Waals surface area contributed by atoms with Gasteiger partial charge in [0.15, 0.2) is 0 Å². The predicted octanol–water partition coefficient (Wildman–Crippen LogP) is 6.72. The molecule has 2 aliphatic heterocycles. The molecule has 6 atom stereocenters. The van der Waals surface area contributed by atoms with Gasteiger partial charge in [0.05, 0.1) is 6.54 Å². The lowest BCUT2D eigenvalue weighted by atomic mass is 9.98. The van der Waals surface area contributed by atoms with Crippen LogP contribution < -0.4 is 10.6 Å². The van der Waals surface area contributed by atoms with Gasteiger partial charge in [0.1, 0.15) is 42.2 Å². The number of alkyl halides is 6. The van der Waals surface area contributed by atoms with Crippen LogP contribution >= 0.6 is 15.9 Å². The first-order chi connectivity index (χ1) is 29.9. The minimum atomic E-state index is -4.83. The minimum absolute atomic E-state index is 0.0275. The number of likely N-dealkylation sites (N-methyl/N-ethyl adjacent to an activating group) is 3. The van der Waals surface area contributed by atoms with Crippen molar-refractivity contribution in [1.82, 2.24) is 30.2 Å². The Morgan fingerprint density at radius 3 is 2.23 bits per heavy atom. The van der Waals surface area contributed by atoms with Crippen LogP contribution in [0.15, 0.2) is 22.7 Å². The molecule has 1 aromatic rings. The van der Waals surface area contributed by atoms with Crippen LogP contribution in [0.3, 0.4) is 0 Å². The molecule has 2 N–H and O–H groups in total. The molecule has 20 heteroatoms. The summed E-state index contributed by atoms with van der Waals surface area (Å²) < 4.78 is 95.9. The monoisotopic (exact) mass is 982 g/mol. The molecule has 0 unspecified atom stereocenters. The summed E-state index contributed by atoms with van der Waals surface area (Å²) in [6, 6.07) is -1.95. The normalized spacial score (nSPS) is 24.2. The number of carbonyl (C=O) groups is 6. The molecule has 1 saturated carbocycles. The van der Waals surface area contributed by atoms with Gasteiger partial charge in [-0.15, -0.1) is 0 Å². The highest BCUT2D eigenvalue weighted by atomic mass is 79.9. The molecule has 2 heterocycles. The van der Waals surface area contributed by atoms with Crippen LogP contribution in [0.2, 0.25) is 0 Å². The molecule has 0 spiro atoms. The van der Waals surface area contributed by atoms with E-state index in [1.54, 1.807) is 11.9 Å². The highest BCUT2D eigenvalue weighted by Crippen LogP contribution is 2.36. The Morgan fingerprint density at radius 2 is 1.59 bits per heavy atom. The number of nitrogens with one attached hydrogen (secondary N) is 2. The Kier molecular flexibility index (Phi) is 18.9. The summed E-state index contributed by atoms with van der Waals surface area (Å²) in [6.45, 7) is 3.51. The van der Waals surface area contributed by atoms with Gasteiger partial charge < -0.3 is 30.2 Å². The molecule has 4 rings (SSSR count). The first-order valence-corrected chi connectivity index (χ1v) is 22.9. The fraction of sp³-hybridized carbons (Fsp3) is 0.727. The van der Waals surface area contributed by atoms with Gasteiger partial charge in [-0.2, -0.15) is 13.2 Å². The van der Waals surface area contributed by atoms with E-state index in [4.69, 9.17) is 0 Å². The molecule has 360 valence electrons. The van der Waals surface area contributed by atoms with E-state index in [-0.39, 0.29) is 37.0 Å². The molecule has 1 aromatic carbocycles. The molecule has 3 fully saturated rings. The Hall–Kier alpha value is -3.97. The predicted molar refractivity (Wildman–Crippen MR) is 227 cm³/mol. The largest absolute Gasteiger partial charge is 0.389 e. The van der Waals surface area contributed by atoms with Crippen LogP contribution in [-0.4, -0.2) is 138 Å². The number of benzene rings is 1. The van der Waals surface area contributed by atoms with Crippen LogP contribution in [0.25, 0.3) is 0 Å². The third-order valence-corrected chi connectivity index (χ3v) is 13.1. The molecular weight excluding hydrogens is 921 g/mol. The molecule has 0 radical (unpaired) electrons. The lowest BCUT2D eigenvalue weighted by molar-refractivity contribution is -0.154. The molecular formula is C44H62BrF7N6O6. The first-order valence-electron chi connectivity index (χ1n) is 22.1. The lowest BCUT2D eigenvalue weighted by Crippen LogP contribution is -2.60. The number of hydrogen-bond donors (Lipinski definition) is 2. The Balaban J connectivity index is 1.55. The minimum Gasteiger partial charge on any atom is -0.344 e. The second kappa shape index (κ2) is 23.0. The van der Waals surface area contributed by atoms with Crippen LogP contribution in [0.4, 0.5) is 30.7 Å². The quantitative estimate of drug-likeness (QED) is 0.199. The highest BCUT2D eigenvalue weighted by Gasteiger charge is 2.46. The van der Waals surface area contributed by atoms with Gasteiger partial charge in [-0.05, 0) is 67.7 Å². The SMILES string of the molecule is CC(C)C[C@@H]1NC(=O)[C@@H](N(C)C(=O)[C@@H](NC(=O)[C@@H]2C[C@@H](F)CN2C(=O)CCC(F)(F)CCC(F)(F)F)C2CC2)CCCCCCCN(C)C(=O)[C@H](Cc2cc(F)ccc2Br)N(C)C1=O. The van der Waals surface area contributed by atoms with Gasteiger partial charge in [-0.3, -0.25) is 28.8 Å².